The fourth-order valence-corrected chi connectivity index (χ4v) is 5.52. The van der Waals surface area contributed by atoms with E-state index in [1.165, 1.54) is 41.9 Å². The molecule has 20 heavy (non-hydrogen) atoms. The summed E-state index contributed by atoms with van der Waals surface area (Å²) in [6, 6.07) is 12.3. The lowest BCUT2D eigenvalue weighted by molar-refractivity contribution is 0.419. The number of nitrogens with one attached hydrogen (secondary N) is 1. The highest BCUT2D eigenvalue weighted by Crippen LogP contribution is 2.38. The number of thiophene rings is 1. The molecular formula is C17H19NS2. The summed E-state index contributed by atoms with van der Waals surface area (Å²) in [6.45, 7) is 0. The van der Waals surface area contributed by atoms with Crippen molar-refractivity contribution in [1.82, 2.24) is 5.32 Å². The van der Waals surface area contributed by atoms with Crippen molar-refractivity contribution in [3.63, 3.8) is 0 Å². The molecule has 1 aromatic carbocycles. The van der Waals surface area contributed by atoms with Crippen molar-refractivity contribution in [3.05, 3.63) is 57.3 Å². The number of benzene rings is 1. The molecule has 1 nitrogen and oxygen atoms in total. The van der Waals surface area contributed by atoms with Gasteiger partial charge in [-0.05, 0) is 47.4 Å². The van der Waals surface area contributed by atoms with Crippen LogP contribution in [-0.4, -0.2) is 5.75 Å². The SMILES string of the molecule is c1ccc2c(c1)CSCC2NC1CCCc2sccc21. The molecule has 0 fully saturated rings. The predicted octanol–water partition coefficient (Wildman–Crippen LogP) is 4.70. The van der Waals surface area contributed by atoms with Gasteiger partial charge in [0.25, 0.3) is 0 Å². The maximum absolute atomic E-state index is 3.94. The summed E-state index contributed by atoms with van der Waals surface area (Å²) in [4.78, 5) is 1.60. The number of fused-ring (bicyclic) bond motifs is 2. The lowest BCUT2D eigenvalue weighted by atomic mass is 9.92. The minimum absolute atomic E-state index is 0.515. The first-order valence-corrected chi connectivity index (χ1v) is 9.43. The molecule has 0 amide bonds. The first-order chi connectivity index (χ1) is 9.92. The van der Waals surface area contributed by atoms with Gasteiger partial charge in [-0.3, -0.25) is 0 Å². The summed E-state index contributed by atoms with van der Waals surface area (Å²) in [5.74, 6) is 2.37. The summed E-state index contributed by atoms with van der Waals surface area (Å²) in [6.07, 6.45) is 3.89. The van der Waals surface area contributed by atoms with Gasteiger partial charge in [0.15, 0.2) is 0 Å². The van der Waals surface area contributed by atoms with Crippen molar-refractivity contribution in [2.75, 3.05) is 5.75 Å². The molecule has 2 heterocycles. The Kier molecular flexibility index (Phi) is 3.59. The third kappa shape index (κ3) is 2.32. The van der Waals surface area contributed by atoms with E-state index in [0.29, 0.717) is 12.1 Å². The molecule has 104 valence electrons. The number of thioether (sulfide) groups is 1. The third-order valence-corrected chi connectivity index (χ3v) is 6.51. The van der Waals surface area contributed by atoms with Crippen LogP contribution in [0.4, 0.5) is 0 Å². The van der Waals surface area contributed by atoms with Crippen LogP contribution >= 0.6 is 23.1 Å². The van der Waals surface area contributed by atoms with Gasteiger partial charge in [-0.2, -0.15) is 11.8 Å². The first-order valence-electron chi connectivity index (χ1n) is 7.39. The van der Waals surface area contributed by atoms with E-state index in [9.17, 15) is 0 Å². The highest BCUT2D eigenvalue weighted by Gasteiger charge is 2.26. The van der Waals surface area contributed by atoms with E-state index in [1.54, 1.807) is 10.4 Å². The van der Waals surface area contributed by atoms with Crippen molar-refractivity contribution >= 4 is 23.1 Å². The highest BCUT2D eigenvalue weighted by molar-refractivity contribution is 7.98. The third-order valence-electron chi connectivity index (χ3n) is 4.43. The molecule has 0 saturated carbocycles. The Balaban J connectivity index is 1.60. The average molecular weight is 301 g/mol. The summed E-state index contributed by atoms with van der Waals surface area (Å²) in [5.41, 5.74) is 4.60. The molecule has 0 spiro atoms. The van der Waals surface area contributed by atoms with Crippen molar-refractivity contribution in [3.8, 4) is 0 Å². The van der Waals surface area contributed by atoms with E-state index in [4.69, 9.17) is 0 Å². The van der Waals surface area contributed by atoms with Crippen LogP contribution in [0, 0.1) is 0 Å². The maximum atomic E-state index is 3.94. The molecule has 0 bridgehead atoms. The normalized spacial score (nSPS) is 25.0. The van der Waals surface area contributed by atoms with E-state index in [-0.39, 0.29) is 0 Å². The molecule has 3 heteroatoms. The summed E-state index contributed by atoms with van der Waals surface area (Å²) >= 11 is 3.99. The van der Waals surface area contributed by atoms with E-state index in [2.05, 4.69) is 52.8 Å². The smallest absolute Gasteiger partial charge is 0.0419 e. The van der Waals surface area contributed by atoms with Gasteiger partial charge < -0.3 is 5.32 Å². The summed E-state index contributed by atoms with van der Waals surface area (Å²) < 4.78 is 0. The quantitative estimate of drug-likeness (QED) is 0.862. The number of aryl methyl sites for hydroxylation is 1. The zero-order chi connectivity index (χ0) is 13.4. The van der Waals surface area contributed by atoms with E-state index < -0.39 is 0 Å². The van der Waals surface area contributed by atoms with Gasteiger partial charge in [0.2, 0.25) is 0 Å². The zero-order valence-electron chi connectivity index (χ0n) is 11.5. The van der Waals surface area contributed by atoms with Crippen LogP contribution < -0.4 is 5.32 Å². The van der Waals surface area contributed by atoms with Crippen molar-refractivity contribution in [2.45, 2.75) is 37.1 Å². The Hall–Kier alpha value is -0.770. The number of rotatable bonds is 2. The fraction of sp³-hybridized carbons (Fsp3) is 0.412. The van der Waals surface area contributed by atoms with E-state index in [0.717, 1.165) is 0 Å². The predicted molar refractivity (Wildman–Crippen MR) is 88.5 cm³/mol. The van der Waals surface area contributed by atoms with Crippen molar-refractivity contribution in [1.29, 1.82) is 0 Å². The number of hydrogen-bond acceptors (Lipinski definition) is 3. The molecule has 1 aliphatic carbocycles. The Bertz CT molecular complexity index is 605. The van der Waals surface area contributed by atoms with Gasteiger partial charge in [-0.1, -0.05) is 24.3 Å². The minimum atomic E-state index is 0.515. The summed E-state index contributed by atoms with van der Waals surface area (Å²) in [7, 11) is 0. The molecule has 1 aromatic heterocycles. The van der Waals surface area contributed by atoms with Crippen LogP contribution in [0.3, 0.4) is 0 Å². The molecular weight excluding hydrogens is 282 g/mol. The van der Waals surface area contributed by atoms with Crippen molar-refractivity contribution < 1.29 is 0 Å². The molecule has 2 aromatic rings. The summed E-state index contributed by atoms with van der Waals surface area (Å²) in [5, 5.41) is 6.20. The van der Waals surface area contributed by atoms with E-state index in [1.807, 2.05) is 11.3 Å². The molecule has 1 aliphatic heterocycles. The van der Waals surface area contributed by atoms with Gasteiger partial charge in [0.1, 0.15) is 0 Å². The molecule has 0 saturated heterocycles. The first kappa shape index (κ1) is 12.9. The van der Waals surface area contributed by atoms with Crippen LogP contribution in [0.25, 0.3) is 0 Å². The number of hydrogen-bond donors (Lipinski definition) is 1. The van der Waals surface area contributed by atoms with Gasteiger partial charge in [0, 0.05) is 28.5 Å². The second kappa shape index (κ2) is 5.55. The van der Waals surface area contributed by atoms with Gasteiger partial charge in [-0.25, -0.2) is 0 Å². The lowest BCUT2D eigenvalue weighted by Crippen LogP contribution is -2.32. The topological polar surface area (TPSA) is 12.0 Å². The standard InChI is InChI=1S/C17H19NS2/c1-2-5-13-12(4-1)10-19-11-16(13)18-15-6-3-7-17-14(15)8-9-20-17/h1-2,4-5,8-9,15-16,18H,3,6-7,10-11H2. The van der Waals surface area contributed by atoms with Crippen LogP contribution in [0.15, 0.2) is 35.7 Å². The Labute approximate surface area is 128 Å². The van der Waals surface area contributed by atoms with Gasteiger partial charge in [-0.15, -0.1) is 11.3 Å². The molecule has 2 atom stereocenters. The Morgan fingerprint density at radius 1 is 1.05 bits per heavy atom. The Morgan fingerprint density at radius 3 is 3.00 bits per heavy atom. The average Bonchev–Trinajstić information content (AvgIpc) is 2.97. The van der Waals surface area contributed by atoms with Crippen molar-refractivity contribution in [2.24, 2.45) is 0 Å². The second-order valence-electron chi connectivity index (χ2n) is 5.68. The van der Waals surface area contributed by atoms with Crippen LogP contribution in [0.1, 0.15) is 46.5 Å². The monoisotopic (exact) mass is 301 g/mol. The lowest BCUT2D eigenvalue weighted by Gasteiger charge is -2.32. The molecule has 4 rings (SSSR count). The fourth-order valence-electron chi connectivity index (χ4n) is 3.42. The molecule has 2 aliphatic rings. The second-order valence-corrected chi connectivity index (χ2v) is 7.71. The van der Waals surface area contributed by atoms with Crippen LogP contribution in [0.5, 0.6) is 0 Å². The van der Waals surface area contributed by atoms with E-state index >= 15 is 0 Å². The largest absolute Gasteiger partial charge is 0.302 e. The van der Waals surface area contributed by atoms with Crippen LogP contribution in [0.2, 0.25) is 0 Å². The van der Waals surface area contributed by atoms with Gasteiger partial charge >= 0.3 is 0 Å². The molecule has 2 unspecified atom stereocenters. The minimum Gasteiger partial charge on any atom is -0.302 e. The molecule has 1 N–H and O–H groups in total. The zero-order valence-corrected chi connectivity index (χ0v) is 13.1. The maximum Gasteiger partial charge on any atom is 0.0419 e. The van der Waals surface area contributed by atoms with Crippen LogP contribution in [-0.2, 0) is 12.2 Å². The molecule has 0 radical (unpaired) electrons. The highest BCUT2D eigenvalue weighted by atomic mass is 32.2. The van der Waals surface area contributed by atoms with Gasteiger partial charge in [0.05, 0.1) is 0 Å². The Morgan fingerprint density at radius 2 is 2.00 bits per heavy atom.